The standard InChI is InChI=1S/C17H20FN3O3/c1-20-13-10-21(8-5-9-24-2)16(22)14(13)15(19-17(20)23)11-6-3-4-7-12(11)18/h3-4,6-7,15H,5,8-10H2,1-2H3,(H,19,23)/t15-/m0/s1. The van der Waals surface area contributed by atoms with Crippen LogP contribution in [0.2, 0.25) is 0 Å². The molecule has 0 saturated carbocycles. The summed E-state index contributed by atoms with van der Waals surface area (Å²) < 4.78 is 19.2. The van der Waals surface area contributed by atoms with Crippen molar-refractivity contribution in [1.29, 1.82) is 0 Å². The fourth-order valence-corrected chi connectivity index (χ4v) is 3.15. The molecule has 24 heavy (non-hydrogen) atoms. The lowest BCUT2D eigenvalue weighted by molar-refractivity contribution is -0.125. The van der Waals surface area contributed by atoms with Crippen LogP contribution in [-0.2, 0) is 9.53 Å². The fourth-order valence-electron chi connectivity index (χ4n) is 3.15. The van der Waals surface area contributed by atoms with Crippen molar-refractivity contribution >= 4 is 11.9 Å². The van der Waals surface area contributed by atoms with Gasteiger partial charge in [0.25, 0.3) is 5.91 Å². The smallest absolute Gasteiger partial charge is 0.322 e. The summed E-state index contributed by atoms with van der Waals surface area (Å²) in [6.07, 6.45) is 0.707. The van der Waals surface area contributed by atoms with Crippen LogP contribution in [-0.4, -0.2) is 55.6 Å². The van der Waals surface area contributed by atoms with Crippen molar-refractivity contribution in [2.45, 2.75) is 12.5 Å². The Kier molecular flexibility index (Phi) is 4.53. The summed E-state index contributed by atoms with van der Waals surface area (Å²) in [5.74, 6) is -0.606. The second-order valence-electron chi connectivity index (χ2n) is 5.90. The molecule has 2 heterocycles. The predicted octanol–water partition coefficient (Wildman–Crippen LogP) is 1.65. The van der Waals surface area contributed by atoms with E-state index in [4.69, 9.17) is 4.74 Å². The minimum absolute atomic E-state index is 0.166. The molecule has 1 aromatic rings. The van der Waals surface area contributed by atoms with Crippen LogP contribution in [0.5, 0.6) is 0 Å². The normalized spacial score (nSPS) is 20.5. The van der Waals surface area contributed by atoms with Crippen molar-refractivity contribution in [1.82, 2.24) is 15.1 Å². The second-order valence-corrected chi connectivity index (χ2v) is 5.90. The van der Waals surface area contributed by atoms with E-state index in [1.807, 2.05) is 0 Å². The third-order valence-corrected chi connectivity index (χ3v) is 4.43. The van der Waals surface area contributed by atoms with Gasteiger partial charge in [0.15, 0.2) is 0 Å². The first-order chi connectivity index (χ1) is 11.5. The summed E-state index contributed by atoms with van der Waals surface area (Å²) in [6.45, 7) is 1.44. The third kappa shape index (κ3) is 2.75. The van der Waals surface area contributed by atoms with Gasteiger partial charge in [-0.2, -0.15) is 0 Å². The number of amides is 3. The van der Waals surface area contributed by atoms with Crippen LogP contribution in [0.4, 0.5) is 9.18 Å². The minimum Gasteiger partial charge on any atom is -0.385 e. The van der Waals surface area contributed by atoms with E-state index in [9.17, 15) is 14.0 Å². The lowest BCUT2D eigenvalue weighted by Crippen LogP contribution is -2.45. The summed E-state index contributed by atoms with van der Waals surface area (Å²) in [6, 6.07) is 5.10. The van der Waals surface area contributed by atoms with Crippen LogP contribution >= 0.6 is 0 Å². The highest BCUT2D eigenvalue weighted by Crippen LogP contribution is 2.36. The third-order valence-electron chi connectivity index (χ3n) is 4.43. The van der Waals surface area contributed by atoms with Gasteiger partial charge in [-0.3, -0.25) is 9.69 Å². The molecule has 0 radical (unpaired) electrons. The number of carbonyl (C=O) groups excluding carboxylic acids is 2. The Morgan fingerprint density at radius 3 is 2.79 bits per heavy atom. The number of nitrogens with zero attached hydrogens (tertiary/aromatic N) is 2. The molecule has 2 aliphatic rings. The molecule has 0 aliphatic carbocycles. The van der Waals surface area contributed by atoms with Gasteiger partial charge in [0.2, 0.25) is 0 Å². The summed E-state index contributed by atoms with van der Waals surface area (Å²) >= 11 is 0. The monoisotopic (exact) mass is 333 g/mol. The maximum absolute atomic E-state index is 14.2. The molecule has 1 aromatic carbocycles. The maximum atomic E-state index is 14.2. The quantitative estimate of drug-likeness (QED) is 0.834. The SMILES string of the molecule is COCCCN1CC2=C(C1=O)[C@H](c1ccccc1F)NC(=O)N2C. The Labute approximate surface area is 139 Å². The Morgan fingerprint density at radius 2 is 2.08 bits per heavy atom. The van der Waals surface area contributed by atoms with Crippen molar-refractivity contribution in [2.75, 3.05) is 33.9 Å². The summed E-state index contributed by atoms with van der Waals surface area (Å²) in [5, 5.41) is 2.73. The average Bonchev–Trinajstić information content (AvgIpc) is 2.89. The highest BCUT2D eigenvalue weighted by molar-refractivity contribution is 6.01. The number of nitrogens with one attached hydrogen (secondary N) is 1. The number of hydrogen-bond acceptors (Lipinski definition) is 3. The minimum atomic E-state index is -0.759. The molecule has 0 bridgehead atoms. The van der Waals surface area contributed by atoms with Crippen LogP contribution in [0.3, 0.4) is 0 Å². The van der Waals surface area contributed by atoms with Gasteiger partial charge < -0.3 is 15.0 Å². The number of methoxy groups -OCH3 is 1. The van der Waals surface area contributed by atoms with Crippen molar-refractivity contribution in [3.05, 3.63) is 46.9 Å². The number of hydrogen-bond donors (Lipinski definition) is 1. The number of urea groups is 1. The van der Waals surface area contributed by atoms with Crippen molar-refractivity contribution in [3.63, 3.8) is 0 Å². The largest absolute Gasteiger partial charge is 0.385 e. The Balaban J connectivity index is 1.93. The Hall–Kier alpha value is -2.41. The second kappa shape index (κ2) is 6.60. The van der Waals surface area contributed by atoms with Crippen LogP contribution in [0, 0.1) is 5.82 Å². The first-order valence-electron chi connectivity index (χ1n) is 7.84. The molecule has 7 heteroatoms. The number of rotatable bonds is 5. The maximum Gasteiger partial charge on any atom is 0.322 e. The van der Waals surface area contributed by atoms with Crippen LogP contribution < -0.4 is 5.32 Å². The van der Waals surface area contributed by atoms with E-state index in [1.54, 1.807) is 37.3 Å². The molecule has 0 aromatic heterocycles. The Morgan fingerprint density at radius 1 is 1.33 bits per heavy atom. The lowest BCUT2D eigenvalue weighted by Gasteiger charge is -2.31. The van der Waals surface area contributed by atoms with Crippen LogP contribution in [0.1, 0.15) is 18.0 Å². The fraction of sp³-hybridized carbons (Fsp3) is 0.412. The number of carbonyl (C=O) groups is 2. The zero-order valence-electron chi connectivity index (χ0n) is 13.7. The van der Waals surface area contributed by atoms with Gasteiger partial charge in [0, 0.05) is 32.9 Å². The number of benzene rings is 1. The first-order valence-corrected chi connectivity index (χ1v) is 7.84. The zero-order chi connectivity index (χ0) is 17.3. The molecule has 0 spiro atoms. The van der Waals surface area contributed by atoms with E-state index in [-0.39, 0.29) is 11.9 Å². The summed E-state index contributed by atoms with van der Waals surface area (Å²) in [4.78, 5) is 28.1. The topological polar surface area (TPSA) is 61.9 Å². The van der Waals surface area contributed by atoms with E-state index in [2.05, 4.69) is 5.32 Å². The van der Waals surface area contributed by atoms with Crippen LogP contribution in [0.25, 0.3) is 0 Å². The van der Waals surface area contributed by atoms with Crippen molar-refractivity contribution < 1.29 is 18.7 Å². The van der Waals surface area contributed by atoms with E-state index < -0.39 is 11.9 Å². The molecule has 0 unspecified atom stereocenters. The number of halogens is 1. The van der Waals surface area contributed by atoms with Gasteiger partial charge in [0.1, 0.15) is 5.82 Å². The molecular formula is C17H20FN3O3. The number of ether oxygens (including phenoxy) is 1. The van der Waals surface area contributed by atoms with E-state index in [0.29, 0.717) is 43.0 Å². The molecule has 1 N–H and O–H groups in total. The highest BCUT2D eigenvalue weighted by Gasteiger charge is 2.43. The molecular weight excluding hydrogens is 313 g/mol. The van der Waals surface area contributed by atoms with Crippen molar-refractivity contribution in [2.24, 2.45) is 0 Å². The lowest BCUT2D eigenvalue weighted by atomic mass is 9.95. The summed E-state index contributed by atoms with van der Waals surface area (Å²) in [5.41, 5.74) is 1.38. The molecule has 128 valence electrons. The molecule has 2 aliphatic heterocycles. The Bertz CT molecular complexity index is 704. The molecule has 3 rings (SSSR count). The first kappa shape index (κ1) is 16.4. The molecule has 3 amide bonds. The molecule has 0 fully saturated rings. The van der Waals surface area contributed by atoms with Gasteiger partial charge in [0.05, 0.1) is 23.9 Å². The van der Waals surface area contributed by atoms with Gasteiger partial charge in [-0.05, 0) is 12.5 Å². The van der Waals surface area contributed by atoms with Gasteiger partial charge in [-0.1, -0.05) is 18.2 Å². The molecule has 0 saturated heterocycles. The zero-order valence-corrected chi connectivity index (χ0v) is 13.7. The van der Waals surface area contributed by atoms with Gasteiger partial charge >= 0.3 is 6.03 Å². The van der Waals surface area contributed by atoms with E-state index in [1.165, 1.54) is 11.0 Å². The highest BCUT2D eigenvalue weighted by atomic mass is 19.1. The number of likely N-dealkylation sites (N-methyl/N-ethyl adjacent to an activating group) is 1. The predicted molar refractivity (Wildman–Crippen MR) is 85.5 cm³/mol. The van der Waals surface area contributed by atoms with Gasteiger partial charge in [-0.25, -0.2) is 9.18 Å². The average molecular weight is 333 g/mol. The van der Waals surface area contributed by atoms with Crippen molar-refractivity contribution in [3.8, 4) is 0 Å². The van der Waals surface area contributed by atoms with E-state index in [0.717, 1.165) is 0 Å². The molecule has 1 atom stereocenters. The van der Waals surface area contributed by atoms with E-state index >= 15 is 0 Å². The van der Waals surface area contributed by atoms with Gasteiger partial charge in [-0.15, -0.1) is 0 Å². The molecule has 6 nitrogen and oxygen atoms in total. The summed E-state index contributed by atoms with van der Waals surface area (Å²) in [7, 11) is 3.23. The van der Waals surface area contributed by atoms with Crippen LogP contribution in [0.15, 0.2) is 35.5 Å².